The number of aryl methyl sites for hydroxylation is 1. The van der Waals surface area contributed by atoms with Crippen LogP contribution in [0.5, 0.6) is 0 Å². The van der Waals surface area contributed by atoms with Crippen LogP contribution in [-0.2, 0) is 46.5 Å². The molecule has 1 aliphatic heterocycles. The Morgan fingerprint density at radius 3 is 2.07 bits per heavy atom. The van der Waals surface area contributed by atoms with Gasteiger partial charge in [0.2, 0.25) is 23.6 Å². The molecule has 5 atom stereocenters. The molecule has 1 aromatic carbocycles. The highest BCUT2D eigenvalue weighted by molar-refractivity contribution is 6.01. The molecule has 2 fully saturated rings. The Labute approximate surface area is 407 Å². The van der Waals surface area contributed by atoms with Gasteiger partial charge in [0.15, 0.2) is 5.60 Å². The summed E-state index contributed by atoms with van der Waals surface area (Å²) in [5, 5.41) is 52.8. The van der Waals surface area contributed by atoms with E-state index in [-0.39, 0.29) is 50.2 Å². The van der Waals surface area contributed by atoms with Crippen LogP contribution in [0.4, 0.5) is 10.6 Å². The monoisotopic (exact) mass is 985 g/mol. The Morgan fingerprint density at radius 1 is 0.900 bits per heavy atom. The number of carbonyl (C=O) groups is 8. The van der Waals surface area contributed by atoms with Gasteiger partial charge in [-0.25, -0.2) is 19.6 Å². The maximum absolute atomic E-state index is 14.3. The van der Waals surface area contributed by atoms with E-state index in [1.807, 2.05) is 30.3 Å². The van der Waals surface area contributed by atoms with E-state index in [2.05, 4.69) is 25.9 Å². The second-order valence-electron chi connectivity index (χ2n) is 18.2. The largest absolute Gasteiger partial charge is 0.481 e. The van der Waals surface area contributed by atoms with Gasteiger partial charge in [-0.1, -0.05) is 76.3 Å². The number of hydrogen-bond acceptors (Lipinski definition) is 15. The van der Waals surface area contributed by atoms with Crippen LogP contribution in [0.1, 0.15) is 114 Å². The maximum atomic E-state index is 14.3. The maximum Gasteiger partial charge on any atom is 0.336 e. The van der Waals surface area contributed by atoms with Gasteiger partial charge in [-0.15, -0.1) is 0 Å². The number of nitrogens with one attached hydrogen (secondary N) is 3. The number of imide groups is 1. The fourth-order valence-electron chi connectivity index (χ4n) is 8.33. The van der Waals surface area contributed by atoms with Crippen LogP contribution in [0.2, 0.25) is 0 Å². The summed E-state index contributed by atoms with van der Waals surface area (Å²) in [7, 11) is 0. The number of nitrogens with two attached hydrogens (primary N) is 3. The number of nitrogens with zero attached hydrogens (tertiary/aromatic N) is 4. The molecule has 1 aromatic heterocycles. The number of aliphatic hydroxyl groups excluding tert-OH is 1. The molecule has 23 heteroatoms. The summed E-state index contributed by atoms with van der Waals surface area (Å²) in [5.74, 6) is -7.26. The molecule has 0 spiro atoms. The number of likely N-dealkylation sites (tertiary alicyclic amines) is 1. The molecule has 1 saturated heterocycles. The fraction of sp³-hybridized carbons (Fsp3) is 0.617. The summed E-state index contributed by atoms with van der Waals surface area (Å²) < 4.78 is 0. The minimum absolute atomic E-state index is 0.0227. The van der Waals surface area contributed by atoms with Gasteiger partial charge in [-0.3, -0.25) is 33.7 Å². The lowest BCUT2D eigenvalue weighted by atomic mass is 9.80. The molecule has 23 nitrogen and oxygen atoms in total. The van der Waals surface area contributed by atoms with Crippen molar-refractivity contribution < 1.29 is 63.9 Å². The average Bonchev–Trinajstić information content (AvgIpc) is 3.30. The number of aliphatic hydroxyl groups is 2. The van der Waals surface area contributed by atoms with Gasteiger partial charge in [-0.2, -0.15) is 0 Å². The van der Waals surface area contributed by atoms with Crippen LogP contribution in [0.15, 0.2) is 36.5 Å². The normalized spacial score (nSPS) is 16.5. The van der Waals surface area contributed by atoms with Gasteiger partial charge in [0.05, 0.1) is 25.4 Å². The predicted octanol–water partition coefficient (Wildman–Crippen LogP) is 0.804. The van der Waals surface area contributed by atoms with Crippen LogP contribution in [-0.4, -0.2) is 148 Å². The van der Waals surface area contributed by atoms with E-state index in [4.69, 9.17) is 37.6 Å². The minimum Gasteiger partial charge on any atom is -0.481 e. The molecular formula is C47H72N10O13. The van der Waals surface area contributed by atoms with Gasteiger partial charge in [0.1, 0.15) is 23.7 Å². The lowest BCUT2D eigenvalue weighted by Crippen LogP contribution is -2.59. The Morgan fingerprint density at radius 2 is 1.51 bits per heavy atom. The van der Waals surface area contributed by atoms with E-state index in [0.717, 1.165) is 42.6 Å². The number of aliphatic carboxylic acids is 3. The summed E-state index contributed by atoms with van der Waals surface area (Å²) in [5.41, 5.74) is 17.5. The van der Waals surface area contributed by atoms with Crippen LogP contribution in [0.25, 0.3) is 0 Å². The molecule has 0 radical (unpaired) electrons. The zero-order valence-corrected chi connectivity index (χ0v) is 40.3. The summed E-state index contributed by atoms with van der Waals surface area (Å²) >= 11 is 0. The van der Waals surface area contributed by atoms with E-state index in [1.54, 1.807) is 25.7 Å². The number of anilines is 1. The number of carboxylic acids is 3. The third-order valence-corrected chi connectivity index (χ3v) is 12.6. The number of piperidine rings is 1. The van der Waals surface area contributed by atoms with Crippen molar-refractivity contribution in [3.63, 3.8) is 0 Å². The lowest BCUT2D eigenvalue weighted by molar-refractivity contribution is -0.170. The molecule has 0 bridgehead atoms. The van der Waals surface area contributed by atoms with Gasteiger partial charge in [0, 0.05) is 68.8 Å². The molecule has 2 aromatic rings. The molecule has 2 aliphatic rings. The SMILES string of the molecule is CCC(O)CC(=O)N(C(=O)CCNC(=O)[C@H](Cc1ccccc1)NC(=O)N1CCC(N)CC1)[C@H](C(=O)NCc1cnc(C)nc1N)[C@@H](C)[C@@H](N)CC1CCCCC1.O=C(O)CC(O)(CC(=O)O)C(=O)O. The van der Waals surface area contributed by atoms with Gasteiger partial charge >= 0.3 is 23.9 Å². The highest BCUT2D eigenvalue weighted by Crippen LogP contribution is 2.30. The first-order chi connectivity index (χ1) is 33.0. The molecule has 4 rings (SSSR count). The first-order valence-electron chi connectivity index (χ1n) is 23.7. The number of rotatable bonds is 23. The van der Waals surface area contributed by atoms with Crippen molar-refractivity contribution in [2.45, 2.75) is 153 Å². The topological polar surface area (TPSA) is 384 Å². The lowest BCUT2D eigenvalue weighted by Gasteiger charge is -2.37. The van der Waals surface area contributed by atoms with E-state index >= 15 is 0 Å². The van der Waals surface area contributed by atoms with Crippen molar-refractivity contribution in [1.82, 2.24) is 35.7 Å². The van der Waals surface area contributed by atoms with Crippen molar-refractivity contribution in [3.8, 4) is 0 Å². The van der Waals surface area contributed by atoms with Crippen LogP contribution < -0.4 is 33.2 Å². The minimum atomic E-state index is -2.74. The summed E-state index contributed by atoms with van der Waals surface area (Å²) in [6.07, 6.45) is 5.23. The van der Waals surface area contributed by atoms with E-state index in [9.17, 15) is 43.5 Å². The predicted molar refractivity (Wildman–Crippen MR) is 254 cm³/mol. The quantitative estimate of drug-likeness (QED) is 0.0733. The highest BCUT2D eigenvalue weighted by atomic mass is 16.4. The summed E-state index contributed by atoms with van der Waals surface area (Å²) in [6, 6.07) is 6.07. The number of amides is 6. The Hall–Kier alpha value is -6.30. The third kappa shape index (κ3) is 18.9. The molecule has 2 heterocycles. The number of benzene rings is 1. The van der Waals surface area contributed by atoms with E-state index in [1.165, 1.54) is 6.20 Å². The first-order valence-corrected chi connectivity index (χ1v) is 23.7. The Balaban J connectivity index is 0.000000869. The van der Waals surface area contributed by atoms with E-state index < -0.39 is 96.5 Å². The first kappa shape index (κ1) is 58.0. The van der Waals surface area contributed by atoms with Gasteiger partial charge < -0.3 is 63.6 Å². The van der Waals surface area contributed by atoms with Crippen molar-refractivity contribution in [2.75, 3.05) is 25.4 Å². The number of urea groups is 1. The second-order valence-corrected chi connectivity index (χ2v) is 18.2. The molecule has 1 aliphatic carbocycles. The molecular weight excluding hydrogens is 913 g/mol. The van der Waals surface area contributed by atoms with Crippen molar-refractivity contribution >= 4 is 53.4 Å². The third-order valence-electron chi connectivity index (χ3n) is 12.6. The summed E-state index contributed by atoms with van der Waals surface area (Å²) in [6.45, 7) is 5.87. The second kappa shape index (κ2) is 28.4. The van der Waals surface area contributed by atoms with Crippen molar-refractivity contribution in [1.29, 1.82) is 0 Å². The fourth-order valence-corrected chi connectivity index (χ4v) is 8.33. The number of carboxylic acid groups (broad SMARTS) is 3. The van der Waals surface area contributed by atoms with Crippen LogP contribution in [0, 0.1) is 18.8 Å². The standard InChI is InChI=1S/C41H64N10O6.C6H8O7/c1-4-32(52)23-36(54)51(37(26(2)33(43)21-28-11-7-5-8-12-28)40(56)47-25-30-24-46-27(3)48-38(30)44)35(53)15-18-45-39(55)34(22-29-13-9-6-10-14-29)49-41(57)50-19-16-31(42)17-20-50;7-3(8)1-6(13,5(11)12)2-4(9)10/h6,9-10,13-14,24,26,28,31-34,37,52H,4-5,7-8,11-12,15-23,25,42-43H2,1-3H3,(H,45,55)(H,47,56)(H,49,57)(H2,44,46,48);13H,1-2H2,(H,7,8)(H,9,10)(H,11,12)/t26-,32?,33-,34-,37-;/m0./s1. The number of carbonyl (C=O) groups excluding carboxylic acids is 5. The smallest absolute Gasteiger partial charge is 0.336 e. The van der Waals surface area contributed by atoms with E-state index in [0.29, 0.717) is 49.7 Å². The highest BCUT2D eigenvalue weighted by Gasteiger charge is 2.42. The number of nitrogen functional groups attached to an aromatic ring is 1. The van der Waals surface area contributed by atoms with Crippen LogP contribution >= 0.6 is 0 Å². The van der Waals surface area contributed by atoms with Crippen LogP contribution in [0.3, 0.4) is 0 Å². The molecule has 70 heavy (non-hydrogen) atoms. The zero-order valence-electron chi connectivity index (χ0n) is 40.3. The molecule has 6 amide bonds. The van der Waals surface area contributed by atoms with Crippen molar-refractivity contribution in [3.05, 3.63) is 53.5 Å². The molecule has 1 unspecified atom stereocenters. The molecule has 388 valence electrons. The Bertz CT molecular complexity index is 2070. The zero-order chi connectivity index (χ0) is 52.1. The van der Waals surface area contributed by atoms with Gasteiger partial charge in [-0.05, 0) is 44.1 Å². The molecule has 14 N–H and O–H groups in total. The number of aromatic nitrogens is 2. The number of hydrogen-bond donors (Lipinski definition) is 11. The van der Waals surface area contributed by atoms with Gasteiger partial charge in [0.25, 0.3) is 0 Å². The summed E-state index contributed by atoms with van der Waals surface area (Å²) in [4.78, 5) is 111. The molecule has 1 saturated carbocycles. The average molecular weight is 985 g/mol. The van der Waals surface area contributed by atoms with Crippen molar-refractivity contribution in [2.24, 2.45) is 23.3 Å². The Kier molecular flexibility index (Phi) is 23.5.